The SMILES string of the molecule is COC(=O)CC(=O)[C@H]1OC(C)(C)O[C@H]1C. The molecule has 0 radical (unpaired) electrons. The van der Waals surface area contributed by atoms with Crippen molar-refractivity contribution in [2.45, 2.75) is 45.2 Å². The van der Waals surface area contributed by atoms with Crippen LogP contribution in [0.25, 0.3) is 0 Å². The molecule has 1 fully saturated rings. The minimum Gasteiger partial charge on any atom is -0.469 e. The summed E-state index contributed by atoms with van der Waals surface area (Å²) in [7, 11) is 1.25. The number of Topliss-reactive ketones (excluding diaryl/α,β-unsaturated/α-hetero) is 1. The van der Waals surface area contributed by atoms with Gasteiger partial charge in [-0.05, 0) is 20.8 Å². The van der Waals surface area contributed by atoms with Crippen LogP contribution in [0.3, 0.4) is 0 Å². The van der Waals surface area contributed by atoms with Crippen LogP contribution in [-0.2, 0) is 23.8 Å². The molecular formula is C10H16O5. The maximum Gasteiger partial charge on any atom is 0.313 e. The normalized spacial score (nSPS) is 28.8. The summed E-state index contributed by atoms with van der Waals surface area (Å²) in [5, 5.41) is 0. The highest BCUT2D eigenvalue weighted by Gasteiger charge is 2.42. The van der Waals surface area contributed by atoms with Crippen molar-refractivity contribution in [3.05, 3.63) is 0 Å². The summed E-state index contributed by atoms with van der Waals surface area (Å²) in [4.78, 5) is 22.5. The second-order valence-electron chi connectivity index (χ2n) is 3.98. The third-order valence-electron chi connectivity index (χ3n) is 2.17. The van der Waals surface area contributed by atoms with Crippen molar-refractivity contribution in [1.29, 1.82) is 0 Å². The van der Waals surface area contributed by atoms with E-state index in [4.69, 9.17) is 9.47 Å². The first-order valence-corrected chi connectivity index (χ1v) is 4.81. The third kappa shape index (κ3) is 3.00. The number of rotatable bonds is 3. The molecular weight excluding hydrogens is 200 g/mol. The van der Waals surface area contributed by atoms with Gasteiger partial charge in [-0.1, -0.05) is 0 Å². The van der Waals surface area contributed by atoms with Crippen molar-refractivity contribution in [3.63, 3.8) is 0 Å². The highest BCUT2D eigenvalue weighted by atomic mass is 16.8. The molecule has 86 valence electrons. The van der Waals surface area contributed by atoms with Gasteiger partial charge in [0.1, 0.15) is 12.5 Å². The molecule has 0 aromatic rings. The van der Waals surface area contributed by atoms with Crippen molar-refractivity contribution >= 4 is 11.8 Å². The molecule has 1 heterocycles. The van der Waals surface area contributed by atoms with Crippen LogP contribution in [0.2, 0.25) is 0 Å². The van der Waals surface area contributed by atoms with Crippen LogP contribution in [0.15, 0.2) is 0 Å². The van der Waals surface area contributed by atoms with Crippen molar-refractivity contribution < 1.29 is 23.8 Å². The van der Waals surface area contributed by atoms with Gasteiger partial charge < -0.3 is 14.2 Å². The molecule has 1 rings (SSSR count). The first-order chi connectivity index (χ1) is 6.85. The second kappa shape index (κ2) is 4.28. The standard InChI is InChI=1S/C10H16O5/c1-6-9(15-10(2,3)14-6)7(11)5-8(12)13-4/h6,9H,5H2,1-4H3/t6-,9-/m0/s1. The Hall–Kier alpha value is -0.940. The van der Waals surface area contributed by atoms with Gasteiger partial charge >= 0.3 is 5.97 Å². The van der Waals surface area contributed by atoms with Crippen LogP contribution in [-0.4, -0.2) is 36.9 Å². The maximum absolute atomic E-state index is 11.6. The van der Waals surface area contributed by atoms with E-state index in [1.165, 1.54) is 7.11 Å². The maximum atomic E-state index is 11.6. The van der Waals surface area contributed by atoms with Gasteiger partial charge in [-0.3, -0.25) is 9.59 Å². The average Bonchev–Trinajstić information content (AvgIpc) is 2.39. The molecule has 1 saturated heterocycles. The zero-order valence-corrected chi connectivity index (χ0v) is 9.40. The number of carbonyl (C=O) groups excluding carboxylic acids is 2. The summed E-state index contributed by atoms with van der Waals surface area (Å²) in [6, 6.07) is 0. The molecule has 0 aliphatic carbocycles. The van der Waals surface area contributed by atoms with E-state index in [9.17, 15) is 9.59 Å². The van der Waals surface area contributed by atoms with Gasteiger partial charge in [0.05, 0.1) is 13.2 Å². The number of esters is 1. The Labute approximate surface area is 88.7 Å². The molecule has 1 aliphatic heterocycles. The van der Waals surface area contributed by atoms with Crippen molar-refractivity contribution in [2.24, 2.45) is 0 Å². The first kappa shape index (κ1) is 12.1. The highest BCUT2D eigenvalue weighted by Crippen LogP contribution is 2.28. The van der Waals surface area contributed by atoms with E-state index in [0.717, 1.165) is 0 Å². The van der Waals surface area contributed by atoms with Crippen molar-refractivity contribution in [3.8, 4) is 0 Å². The zero-order valence-electron chi connectivity index (χ0n) is 9.40. The van der Waals surface area contributed by atoms with E-state index < -0.39 is 17.9 Å². The molecule has 0 saturated carbocycles. The lowest BCUT2D eigenvalue weighted by Gasteiger charge is -2.16. The van der Waals surface area contributed by atoms with Crippen LogP contribution < -0.4 is 0 Å². The fourth-order valence-electron chi connectivity index (χ4n) is 1.58. The van der Waals surface area contributed by atoms with Crippen molar-refractivity contribution in [1.82, 2.24) is 0 Å². The van der Waals surface area contributed by atoms with Crippen LogP contribution in [0.5, 0.6) is 0 Å². The Morgan fingerprint density at radius 1 is 1.33 bits per heavy atom. The van der Waals surface area contributed by atoms with E-state index in [1.807, 2.05) is 0 Å². The molecule has 2 atom stereocenters. The first-order valence-electron chi connectivity index (χ1n) is 4.81. The molecule has 0 aromatic heterocycles. The van der Waals surface area contributed by atoms with E-state index in [2.05, 4.69) is 4.74 Å². The van der Waals surface area contributed by atoms with E-state index in [0.29, 0.717) is 0 Å². The number of ketones is 1. The van der Waals surface area contributed by atoms with Crippen LogP contribution in [0.4, 0.5) is 0 Å². The lowest BCUT2D eigenvalue weighted by Crippen LogP contribution is -2.31. The fourth-order valence-corrected chi connectivity index (χ4v) is 1.58. The molecule has 0 unspecified atom stereocenters. The van der Waals surface area contributed by atoms with Gasteiger partial charge in [0.2, 0.25) is 0 Å². The number of carbonyl (C=O) groups is 2. The summed E-state index contributed by atoms with van der Waals surface area (Å²) in [5.74, 6) is -1.63. The van der Waals surface area contributed by atoms with E-state index in [-0.39, 0.29) is 18.3 Å². The number of hydrogen-bond donors (Lipinski definition) is 0. The van der Waals surface area contributed by atoms with Crippen LogP contribution in [0.1, 0.15) is 27.2 Å². The molecule has 0 bridgehead atoms. The number of hydrogen-bond acceptors (Lipinski definition) is 5. The molecule has 0 amide bonds. The van der Waals surface area contributed by atoms with Crippen LogP contribution in [0, 0.1) is 0 Å². The summed E-state index contributed by atoms with van der Waals surface area (Å²) >= 11 is 0. The predicted molar refractivity (Wildman–Crippen MR) is 51.1 cm³/mol. The minimum absolute atomic E-state index is 0.273. The minimum atomic E-state index is -0.768. The molecule has 15 heavy (non-hydrogen) atoms. The van der Waals surface area contributed by atoms with Gasteiger partial charge in [-0.25, -0.2) is 0 Å². The summed E-state index contributed by atoms with van der Waals surface area (Å²) in [6.07, 6.45) is -1.29. The largest absolute Gasteiger partial charge is 0.469 e. The van der Waals surface area contributed by atoms with Gasteiger partial charge in [0.25, 0.3) is 0 Å². The summed E-state index contributed by atoms with van der Waals surface area (Å²) in [5.41, 5.74) is 0. The highest BCUT2D eigenvalue weighted by molar-refractivity contribution is 5.98. The predicted octanol–water partition coefficient (Wildman–Crippen LogP) is 0.659. The number of methoxy groups -OCH3 is 1. The quantitative estimate of drug-likeness (QED) is 0.512. The molecule has 1 aliphatic rings. The number of ether oxygens (including phenoxy) is 3. The molecule has 0 spiro atoms. The van der Waals surface area contributed by atoms with Gasteiger partial charge in [-0.2, -0.15) is 0 Å². The summed E-state index contributed by atoms with van der Waals surface area (Å²) in [6.45, 7) is 5.21. The zero-order chi connectivity index (χ0) is 11.6. The molecule has 0 N–H and O–H groups in total. The lowest BCUT2D eigenvalue weighted by molar-refractivity contribution is -0.157. The van der Waals surface area contributed by atoms with E-state index in [1.54, 1.807) is 20.8 Å². The molecule has 0 aromatic carbocycles. The monoisotopic (exact) mass is 216 g/mol. The molecule has 5 heteroatoms. The van der Waals surface area contributed by atoms with Gasteiger partial charge in [0, 0.05) is 0 Å². The fraction of sp³-hybridized carbons (Fsp3) is 0.800. The average molecular weight is 216 g/mol. The Kier molecular flexibility index (Phi) is 3.46. The third-order valence-corrected chi connectivity index (χ3v) is 2.17. The Bertz CT molecular complexity index is 271. The topological polar surface area (TPSA) is 61.8 Å². The van der Waals surface area contributed by atoms with Gasteiger partial charge in [-0.15, -0.1) is 0 Å². The Morgan fingerprint density at radius 3 is 2.33 bits per heavy atom. The van der Waals surface area contributed by atoms with Crippen LogP contribution >= 0.6 is 0 Å². The summed E-state index contributed by atoms with van der Waals surface area (Å²) < 4.78 is 15.2. The Balaban J connectivity index is 2.58. The van der Waals surface area contributed by atoms with Crippen molar-refractivity contribution in [2.75, 3.05) is 7.11 Å². The second-order valence-corrected chi connectivity index (χ2v) is 3.98. The Morgan fingerprint density at radius 2 is 1.93 bits per heavy atom. The van der Waals surface area contributed by atoms with Gasteiger partial charge in [0.15, 0.2) is 11.6 Å². The lowest BCUT2D eigenvalue weighted by atomic mass is 10.1. The molecule has 5 nitrogen and oxygen atoms in total. The smallest absolute Gasteiger partial charge is 0.313 e. The van der Waals surface area contributed by atoms with E-state index >= 15 is 0 Å².